The van der Waals surface area contributed by atoms with Crippen molar-refractivity contribution >= 4 is 38.8 Å². The molecule has 0 bridgehead atoms. The molecule has 1 aliphatic heterocycles. The zero-order valence-corrected chi connectivity index (χ0v) is 20.2. The average molecular weight is 488 g/mol. The van der Waals surface area contributed by atoms with Gasteiger partial charge in [-0.15, -0.1) is 0 Å². The van der Waals surface area contributed by atoms with Gasteiger partial charge in [0, 0.05) is 30.9 Å². The third-order valence-corrected chi connectivity index (χ3v) is 7.87. The quantitative estimate of drug-likeness (QED) is 0.416. The van der Waals surface area contributed by atoms with Gasteiger partial charge in [-0.2, -0.15) is 5.10 Å². The molecular formula is C26H25N5O3S. The zero-order chi connectivity index (χ0) is 24.6. The van der Waals surface area contributed by atoms with Gasteiger partial charge in [0.15, 0.2) is 5.82 Å². The van der Waals surface area contributed by atoms with E-state index >= 15 is 0 Å². The Bertz CT molecular complexity index is 1510. The Morgan fingerprint density at radius 2 is 1.71 bits per heavy atom. The van der Waals surface area contributed by atoms with Crippen LogP contribution in [0.15, 0.2) is 90.0 Å². The number of amides is 1. The predicted octanol–water partition coefficient (Wildman–Crippen LogP) is 4.56. The minimum Gasteiger partial charge on any atom is -0.337 e. The lowest BCUT2D eigenvalue weighted by molar-refractivity contribution is 0.102. The van der Waals surface area contributed by atoms with Crippen LogP contribution in [-0.4, -0.2) is 30.1 Å². The van der Waals surface area contributed by atoms with Crippen molar-refractivity contribution in [1.29, 1.82) is 0 Å². The van der Waals surface area contributed by atoms with Crippen molar-refractivity contribution in [3.63, 3.8) is 0 Å². The summed E-state index contributed by atoms with van der Waals surface area (Å²) in [6.45, 7) is 1.89. The van der Waals surface area contributed by atoms with Crippen LogP contribution >= 0.6 is 0 Å². The van der Waals surface area contributed by atoms with E-state index in [4.69, 9.17) is 0 Å². The maximum Gasteiger partial charge on any atom is 0.264 e. The molecule has 0 saturated heterocycles. The summed E-state index contributed by atoms with van der Waals surface area (Å²) in [6, 6.07) is 22.5. The van der Waals surface area contributed by atoms with Crippen LogP contribution in [0.3, 0.4) is 0 Å². The summed E-state index contributed by atoms with van der Waals surface area (Å²) in [5.41, 5.74) is 3.15. The minimum absolute atomic E-state index is 0.0774. The van der Waals surface area contributed by atoms with E-state index in [-0.39, 0.29) is 16.5 Å². The van der Waals surface area contributed by atoms with Crippen LogP contribution in [0.2, 0.25) is 0 Å². The molecular weight excluding hydrogens is 462 g/mol. The van der Waals surface area contributed by atoms with Gasteiger partial charge >= 0.3 is 0 Å². The smallest absolute Gasteiger partial charge is 0.264 e. The summed E-state index contributed by atoms with van der Waals surface area (Å²) in [6.07, 6.45) is 2.46. The number of para-hydroxylation sites is 3. The molecule has 178 valence electrons. The molecule has 5 rings (SSSR count). The Morgan fingerprint density at radius 1 is 0.971 bits per heavy atom. The predicted molar refractivity (Wildman–Crippen MR) is 137 cm³/mol. The second-order valence-corrected chi connectivity index (χ2v) is 10.3. The highest BCUT2D eigenvalue weighted by molar-refractivity contribution is 7.92. The molecule has 9 heteroatoms. The first kappa shape index (κ1) is 22.7. The molecule has 4 aromatic rings. The molecule has 0 radical (unpaired) electrons. The van der Waals surface area contributed by atoms with Crippen molar-refractivity contribution in [1.82, 2.24) is 9.78 Å². The molecule has 1 aromatic heterocycles. The van der Waals surface area contributed by atoms with Gasteiger partial charge in [0.1, 0.15) is 0 Å². The van der Waals surface area contributed by atoms with E-state index in [1.54, 1.807) is 22.9 Å². The van der Waals surface area contributed by atoms with Crippen LogP contribution in [-0.2, 0) is 23.5 Å². The van der Waals surface area contributed by atoms with Crippen molar-refractivity contribution in [3.05, 3.63) is 96.2 Å². The molecule has 8 nitrogen and oxygen atoms in total. The van der Waals surface area contributed by atoms with Gasteiger partial charge in [-0.1, -0.05) is 36.4 Å². The Balaban J connectivity index is 1.41. The summed E-state index contributed by atoms with van der Waals surface area (Å²) in [5.74, 6) is 0.231. The average Bonchev–Trinajstić information content (AvgIpc) is 3.42. The van der Waals surface area contributed by atoms with E-state index in [1.807, 2.05) is 68.7 Å². The van der Waals surface area contributed by atoms with Crippen LogP contribution in [0.25, 0.3) is 0 Å². The summed E-state index contributed by atoms with van der Waals surface area (Å²) < 4.78 is 30.3. The van der Waals surface area contributed by atoms with E-state index in [9.17, 15) is 13.2 Å². The van der Waals surface area contributed by atoms with E-state index < -0.39 is 15.9 Å². The second-order valence-electron chi connectivity index (χ2n) is 8.51. The molecule has 1 unspecified atom stereocenters. The number of aromatic nitrogens is 2. The summed E-state index contributed by atoms with van der Waals surface area (Å²) >= 11 is 0. The topological polar surface area (TPSA) is 96.3 Å². The highest BCUT2D eigenvalue weighted by Gasteiger charge is 2.36. The molecule has 35 heavy (non-hydrogen) atoms. The number of anilines is 4. The van der Waals surface area contributed by atoms with Crippen LogP contribution in [0.1, 0.15) is 22.8 Å². The number of hydrogen-bond acceptors (Lipinski definition) is 5. The standard InChI is InChI=1S/C26H25N5O3S/c1-18-16-19-8-3-6-13-24(19)31(18)35(33,34)21-10-7-9-20(17-21)26(32)28-23-12-5-4-11-22(23)27-25-14-15-30(2)29-25/h3-15,17-18H,16H2,1-2H3,(H,27,29)(H,28,32). The van der Waals surface area contributed by atoms with E-state index in [0.717, 1.165) is 5.56 Å². The Morgan fingerprint density at radius 3 is 2.49 bits per heavy atom. The van der Waals surface area contributed by atoms with Crippen molar-refractivity contribution in [3.8, 4) is 0 Å². The molecule has 0 aliphatic carbocycles. The minimum atomic E-state index is -3.85. The molecule has 1 aliphatic rings. The Labute approximate surface area is 204 Å². The van der Waals surface area contributed by atoms with Crippen LogP contribution in [0.4, 0.5) is 22.9 Å². The molecule has 1 amide bonds. The van der Waals surface area contributed by atoms with E-state index in [1.165, 1.54) is 16.4 Å². The summed E-state index contributed by atoms with van der Waals surface area (Å²) in [7, 11) is -2.03. The van der Waals surface area contributed by atoms with Crippen molar-refractivity contribution in [2.24, 2.45) is 7.05 Å². The number of fused-ring (bicyclic) bond motifs is 1. The number of carbonyl (C=O) groups is 1. The number of sulfonamides is 1. The fraction of sp³-hybridized carbons (Fsp3) is 0.154. The highest BCUT2D eigenvalue weighted by Crippen LogP contribution is 2.36. The zero-order valence-electron chi connectivity index (χ0n) is 19.3. The van der Waals surface area contributed by atoms with Crippen molar-refractivity contribution < 1.29 is 13.2 Å². The van der Waals surface area contributed by atoms with Gasteiger partial charge in [0.2, 0.25) is 0 Å². The lowest BCUT2D eigenvalue weighted by Crippen LogP contribution is -2.35. The molecule has 0 spiro atoms. The molecule has 0 fully saturated rings. The van der Waals surface area contributed by atoms with Crippen LogP contribution < -0.4 is 14.9 Å². The van der Waals surface area contributed by atoms with E-state index in [2.05, 4.69) is 15.7 Å². The summed E-state index contributed by atoms with van der Waals surface area (Å²) in [4.78, 5) is 13.2. The number of benzene rings is 3. The van der Waals surface area contributed by atoms with Crippen LogP contribution in [0.5, 0.6) is 0 Å². The van der Waals surface area contributed by atoms with Gasteiger partial charge in [0.05, 0.1) is 22.0 Å². The maximum absolute atomic E-state index is 13.6. The largest absolute Gasteiger partial charge is 0.337 e. The third-order valence-electron chi connectivity index (χ3n) is 5.95. The number of aryl methyl sites for hydroxylation is 1. The third kappa shape index (κ3) is 4.38. The summed E-state index contributed by atoms with van der Waals surface area (Å²) in [5, 5.41) is 10.4. The first-order chi connectivity index (χ1) is 16.8. The van der Waals surface area contributed by atoms with Crippen molar-refractivity contribution in [2.45, 2.75) is 24.3 Å². The maximum atomic E-state index is 13.6. The highest BCUT2D eigenvalue weighted by atomic mass is 32.2. The lowest BCUT2D eigenvalue weighted by Gasteiger charge is -2.24. The van der Waals surface area contributed by atoms with Crippen molar-refractivity contribution in [2.75, 3.05) is 14.9 Å². The fourth-order valence-electron chi connectivity index (χ4n) is 4.33. The van der Waals surface area contributed by atoms with Gasteiger partial charge in [-0.3, -0.25) is 13.8 Å². The molecule has 2 N–H and O–H groups in total. The fourth-order valence-corrected chi connectivity index (χ4v) is 6.07. The number of carbonyl (C=O) groups excluding carboxylic acids is 1. The lowest BCUT2D eigenvalue weighted by atomic mass is 10.1. The molecule has 1 atom stereocenters. The normalized spacial score (nSPS) is 15.0. The monoisotopic (exact) mass is 487 g/mol. The van der Waals surface area contributed by atoms with Gasteiger partial charge < -0.3 is 10.6 Å². The number of nitrogens with zero attached hydrogens (tertiary/aromatic N) is 3. The molecule has 0 saturated carbocycles. The van der Waals surface area contributed by atoms with Gasteiger partial charge in [-0.25, -0.2) is 8.42 Å². The van der Waals surface area contributed by atoms with Crippen LogP contribution in [0, 0.1) is 0 Å². The number of nitrogens with one attached hydrogen (secondary N) is 2. The van der Waals surface area contributed by atoms with Gasteiger partial charge in [0.25, 0.3) is 15.9 Å². The first-order valence-corrected chi connectivity index (χ1v) is 12.7. The van der Waals surface area contributed by atoms with Gasteiger partial charge in [-0.05, 0) is 55.3 Å². The number of rotatable bonds is 6. The van der Waals surface area contributed by atoms with E-state index in [0.29, 0.717) is 29.3 Å². The Kier molecular flexibility index (Phi) is 5.78. The SMILES string of the molecule is CC1Cc2ccccc2N1S(=O)(=O)c1cccc(C(=O)Nc2ccccc2Nc2ccn(C)n2)c1. The Hall–Kier alpha value is -4.11. The molecule has 2 heterocycles. The first-order valence-electron chi connectivity index (χ1n) is 11.2. The second kappa shape index (κ2) is 8.92. The number of hydrogen-bond donors (Lipinski definition) is 2. The molecule has 3 aromatic carbocycles.